The fourth-order valence-electron chi connectivity index (χ4n) is 5.29. The van der Waals surface area contributed by atoms with Gasteiger partial charge in [0, 0.05) is 11.1 Å². The molecule has 4 nitrogen and oxygen atoms in total. The first-order valence-corrected chi connectivity index (χ1v) is 9.88. The van der Waals surface area contributed by atoms with Gasteiger partial charge in [0.2, 0.25) is 0 Å². The Hall–Kier alpha value is -1.36. The summed E-state index contributed by atoms with van der Waals surface area (Å²) in [4.78, 5) is 2.72. The molecule has 4 saturated carbocycles. The molecule has 1 N–H and O–H groups in total. The number of hydrazone groups is 1. The van der Waals surface area contributed by atoms with Gasteiger partial charge in [0.1, 0.15) is 0 Å². The summed E-state index contributed by atoms with van der Waals surface area (Å²) in [6, 6.07) is 8.43. The molecule has 0 unspecified atom stereocenters. The Morgan fingerprint density at radius 2 is 1.78 bits per heavy atom. The van der Waals surface area contributed by atoms with E-state index >= 15 is 0 Å². The third-order valence-corrected chi connectivity index (χ3v) is 8.25. The van der Waals surface area contributed by atoms with Gasteiger partial charge in [0.25, 0.3) is 10.0 Å². The van der Waals surface area contributed by atoms with Crippen molar-refractivity contribution >= 4 is 15.7 Å². The minimum atomic E-state index is -3.57. The molecule has 0 aliphatic heterocycles. The summed E-state index contributed by atoms with van der Waals surface area (Å²) in [6.07, 6.45) is 3.48. The lowest BCUT2D eigenvalue weighted by molar-refractivity contribution is -0.169. The zero-order valence-electron chi connectivity index (χ0n) is 13.9. The number of nitrogens with zero attached hydrogens (tertiary/aromatic N) is 1. The van der Waals surface area contributed by atoms with Crippen molar-refractivity contribution in [2.24, 2.45) is 33.7 Å². The van der Waals surface area contributed by atoms with Gasteiger partial charge in [-0.3, -0.25) is 0 Å². The highest BCUT2D eigenvalue weighted by Crippen LogP contribution is 2.72. The van der Waals surface area contributed by atoms with Crippen LogP contribution in [0.25, 0.3) is 0 Å². The number of nitrogens with one attached hydrogen (secondary N) is 1. The highest BCUT2D eigenvalue weighted by atomic mass is 32.2. The second kappa shape index (κ2) is 4.59. The maximum atomic E-state index is 12.3. The molecule has 4 aliphatic carbocycles. The summed E-state index contributed by atoms with van der Waals surface area (Å²) in [6.45, 7) is 7.01. The van der Waals surface area contributed by atoms with Gasteiger partial charge in [-0.15, -0.1) is 0 Å². The molecular formula is C18H24N2O2S. The number of rotatable bonds is 3. The fraction of sp³-hybridized carbons (Fsp3) is 0.611. The molecule has 0 aromatic heterocycles. The van der Waals surface area contributed by atoms with E-state index in [1.54, 1.807) is 30.3 Å². The van der Waals surface area contributed by atoms with Crippen molar-refractivity contribution in [3.05, 3.63) is 30.3 Å². The maximum Gasteiger partial charge on any atom is 0.276 e. The van der Waals surface area contributed by atoms with Crippen LogP contribution in [-0.2, 0) is 10.0 Å². The zero-order chi connectivity index (χ0) is 16.5. The molecule has 124 valence electrons. The SMILES string of the molecule is CC1(C)[C@@H]2C[C@H]3C/C(=N/NS(=O)(=O)c4ccccc4)[C@]3(C)[C@H]1C2. The van der Waals surface area contributed by atoms with Crippen LogP contribution in [0.3, 0.4) is 0 Å². The summed E-state index contributed by atoms with van der Waals surface area (Å²) in [5, 5.41) is 4.35. The van der Waals surface area contributed by atoms with Gasteiger partial charge in [0.05, 0.1) is 4.90 Å². The summed E-state index contributed by atoms with van der Waals surface area (Å²) in [5.74, 6) is 2.15. The van der Waals surface area contributed by atoms with Crippen molar-refractivity contribution in [1.29, 1.82) is 0 Å². The second-order valence-electron chi connectivity index (χ2n) is 8.19. The molecule has 0 saturated heterocycles. The fourth-order valence-corrected chi connectivity index (χ4v) is 6.15. The van der Waals surface area contributed by atoms with E-state index in [4.69, 9.17) is 0 Å². The Kier molecular flexibility index (Phi) is 3.03. The van der Waals surface area contributed by atoms with Crippen LogP contribution in [0.2, 0.25) is 0 Å². The van der Waals surface area contributed by atoms with Crippen molar-refractivity contribution in [2.75, 3.05) is 0 Å². The lowest BCUT2D eigenvalue weighted by Crippen LogP contribution is -2.68. The van der Waals surface area contributed by atoms with Gasteiger partial charge < -0.3 is 0 Å². The Morgan fingerprint density at radius 1 is 1.09 bits per heavy atom. The minimum absolute atomic E-state index is 0.0808. The Balaban J connectivity index is 1.57. The normalized spacial score (nSPS) is 39.1. The maximum absolute atomic E-state index is 12.3. The summed E-state index contributed by atoms with van der Waals surface area (Å²) in [5.41, 5.74) is 1.49. The van der Waals surface area contributed by atoms with E-state index < -0.39 is 10.0 Å². The Morgan fingerprint density at radius 3 is 2.43 bits per heavy atom. The van der Waals surface area contributed by atoms with Crippen molar-refractivity contribution in [3.8, 4) is 0 Å². The first kappa shape index (κ1) is 15.2. The van der Waals surface area contributed by atoms with E-state index in [-0.39, 0.29) is 10.3 Å². The molecule has 0 amide bonds. The molecule has 1 aromatic carbocycles. The average molecular weight is 332 g/mol. The number of sulfonamides is 1. The monoisotopic (exact) mass is 332 g/mol. The molecule has 0 heterocycles. The topological polar surface area (TPSA) is 58.5 Å². The van der Waals surface area contributed by atoms with Crippen LogP contribution in [0.5, 0.6) is 0 Å². The van der Waals surface area contributed by atoms with Crippen molar-refractivity contribution in [3.63, 3.8) is 0 Å². The molecule has 4 aliphatic rings. The molecule has 4 fully saturated rings. The highest BCUT2D eigenvalue weighted by Gasteiger charge is 2.68. The second-order valence-corrected chi connectivity index (χ2v) is 9.85. The minimum Gasteiger partial charge on any atom is -0.200 e. The first-order valence-electron chi connectivity index (χ1n) is 8.40. The van der Waals surface area contributed by atoms with Crippen LogP contribution in [0.1, 0.15) is 40.0 Å². The van der Waals surface area contributed by atoms with Crippen molar-refractivity contribution < 1.29 is 8.42 Å². The standard InChI is InChI=1S/C18H24N2O2S/c1-17(2)12-9-13-11-16(18(13,3)15(17)10-12)19-20-23(21,22)14-7-5-4-6-8-14/h4-8,12-13,15,20H,9-11H2,1-3H3/b19-16-/t12-,13+,15+,18+/m1/s1. The molecule has 2 bridgehead atoms. The predicted molar refractivity (Wildman–Crippen MR) is 90.4 cm³/mol. The van der Waals surface area contributed by atoms with Gasteiger partial charge in [0.15, 0.2) is 0 Å². The number of hydrogen-bond acceptors (Lipinski definition) is 3. The van der Waals surface area contributed by atoms with Gasteiger partial charge in [-0.1, -0.05) is 39.0 Å². The third kappa shape index (κ3) is 1.95. The Labute approximate surface area is 138 Å². The van der Waals surface area contributed by atoms with Crippen LogP contribution >= 0.6 is 0 Å². The number of benzene rings is 1. The largest absolute Gasteiger partial charge is 0.276 e. The van der Waals surface area contributed by atoms with Crippen molar-refractivity contribution in [1.82, 2.24) is 4.83 Å². The molecule has 1 aromatic rings. The van der Waals surface area contributed by atoms with Crippen LogP contribution < -0.4 is 4.83 Å². The molecular weight excluding hydrogens is 308 g/mol. The van der Waals surface area contributed by atoms with Crippen LogP contribution in [0.4, 0.5) is 0 Å². The van der Waals surface area contributed by atoms with Gasteiger partial charge in [-0.25, -0.2) is 4.83 Å². The number of hydrogen-bond donors (Lipinski definition) is 1. The van der Waals surface area contributed by atoms with E-state index in [0.29, 0.717) is 17.3 Å². The quantitative estimate of drug-likeness (QED) is 0.862. The third-order valence-electron chi connectivity index (χ3n) is 7.03. The molecule has 0 radical (unpaired) electrons. The molecule has 0 spiro atoms. The van der Waals surface area contributed by atoms with Gasteiger partial charge >= 0.3 is 0 Å². The van der Waals surface area contributed by atoms with E-state index in [1.165, 1.54) is 12.8 Å². The van der Waals surface area contributed by atoms with Crippen molar-refractivity contribution in [2.45, 2.75) is 44.9 Å². The predicted octanol–water partition coefficient (Wildman–Crippen LogP) is 3.41. The van der Waals surface area contributed by atoms with E-state index in [2.05, 4.69) is 30.7 Å². The molecule has 5 heteroatoms. The summed E-state index contributed by atoms with van der Waals surface area (Å²) < 4.78 is 24.7. The van der Waals surface area contributed by atoms with Crippen LogP contribution in [0, 0.1) is 28.6 Å². The Bertz CT molecular complexity index is 769. The van der Waals surface area contributed by atoms with E-state index in [9.17, 15) is 8.42 Å². The van der Waals surface area contributed by atoms with E-state index in [1.807, 2.05) is 0 Å². The molecule has 4 atom stereocenters. The highest BCUT2D eigenvalue weighted by molar-refractivity contribution is 7.89. The van der Waals surface area contributed by atoms with Gasteiger partial charge in [-0.2, -0.15) is 13.5 Å². The first-order chi connectivity index (χ1) is 10.8. The zero-order valence-corrected chi connectivity index (χ0v) is 14.7. The van der Waals surface area contributed by atoms with Crippen LogP contribution in [-0.4, -0.2) is 14.1 Å². The van der Waals surface area contributed by atoms with E-state index in [0.717, 1.165) is 18.1 Å². The lowest BCUT2D eigenvalue weighted by atomic mass is 9.33. The summed E-state index contributed by atoms with van der Waals surface area (Å²) >= 11 is 0. The summed E-state index contributed by atoms with van der Waals surface area (Å²) in [7, 11) is -3.57. The van der Waals surface area contributed by atoms with Gasteiger partial charge in [-0.05, 0) is 54.6 Å². The lowest BCUT2D eigenvalue weighted by Gasteiger charge is -2.71. The van der Waals surface area contributed by atoms with Crippen LogP contribution in [0.15, 0.2) is 40.3 Å². The molecule has 23 heavy (non-hydrogen) atoms. The molecule has 5 rings (SSSR count). The smallest absolute Gasteiger partial charge is 0.200 e. The average Bonchev–Trinajstić information content (AvgIpc) is 2.51.